The van der Waals surface area contributed by atoms with Crippen molar-refractivity contribution in [2.24, 2.45) is 13.0 Å². The van der Waals surface area contributed by atoms with Crippen LogP contribution < -0.4 is 16.2 Å². The van der Waals surface area contributed by atoms with E-state index in [9.17, 15) is 27.6 Å². The number of aryl methyl sites for hydroxylation is 1. The van der Waals surface area contributed by atoms with Gasteiger partial charge in [0.25, 0.3) is 11.5 Å². The largest absolute Gasteiger partial charge is 0.416 e. The third kappa shape index (κ3) is 6.88. The fourth-order valence-corrected chi connectivity index (χ4v) is 5.54. The van der Waals surface area contributed by atoms with E-state index in [-0.39, 0.29) is 22.8 Å². The van der Waals surface area contributed by atoms with E-state index in [1.54, 1.807) is 53.9 Å². The number of aromatic nitrogens is 2. The van der Waals surface area contributed by atoms with Crippen LogP contribution in [0.1, 0.15) is 46.4 Å². The van der Waals surface area contributed by atoms with E-state index >= 15 is 0 Å². The summed E-state index contributed by atoms with van der Waals surface area (Å²) in [5.41, 5.74) is 1.84. The number of nitrogens with one attached hydrogen (secondary N) is 2. The highest BCUT2D eigenvalue weighted by Crippen LogP contribution is 2.30. The first kappa shape index (κ1) is 30.7. The van der Waals surface area contributed by atoms with E-state index < -0.39 is 17.6 Å². The molecule has 3 aromatic carbocycles. The molecular formula is C33H34F3N5O3. The minimum Gasteiger partial charge on any atom is -0.325 e. The summed E-state index contributed by atoms with van der Waals surface area (Å²) >= 11 is 0. The lowest BCUT2D eigenvalue weighted by Crippen LogP contribution is -2.41. The predicted molar refractivity (Wildman–Crippen MR) is 163 cm³/mol. The minimum atomic E-state index is -4.36. The number of carbonyl (C=O) groups excluding carboxylic acids is 2. The van der Waals surface area contributed by atoms with Crippen LogP contribution in [0.2, 0.25) is 0 Å². The minimum absolute atomic E-state index is 0.173. The summed E-state index contributed by atoms with van der Waals surface area (Å²) in [5, 5.41) is 5.59. The highest BCUT2D eigenvalue weighted by atomic mass is 19.4. The summed E-state index contributed by atoms with van der Waals surface area (Å²) in [7, 11) is 1.74. The average Bonchev–Trinajstić information content (AvgIpc) is 3.23. The van der Waals surface area contributed by atoms with Crippen LogP contribution in [0.3, 0.4) is 0 Å². The van der Waals surface area contributed by atoms with E-state index in [1.807, 2.05) is 30.3 Å². The van der Waals surface area contributed by atoms with Gasteiger partial charge in [0, 0.05) is 31.4 Å². The monoisotopic (exact) mass is 605 g/mol. The van der Waals surface area contributed by atoms with Crippen molar-refractivity contribution in [2.75, 3.05) is 23.7 Å². The van der Waals surface area contributed by atoms with Gasteiger partial charge >= 0.3 is 12.2 Å². The van der Waals surface area contributed by atoms with Crippen molar-refractivity contribution in [3.05, 3.63) is 112 Å². The molecule has 1 aromatic heterocycles. The number of amides is 3. The highest BCUT2D eigenvalue weighted by Gasteiger charge is 2.30. The van der Waals surface area contributed by atoms with Gasteiger partial charge in [0.15, 0.2) is 0 Å². The fourth-order valence-electron chi connectivity index (χ4n) is 5.54. The van der Waals surface area contributed by atoms with Crippen LogP contribution >= 0.6 is 0 Å². The molecule has 0 aliphatic carbocycles. The molecule has 1 aliphatic heterocycles. The van der Waals surface area contributed by atoms with Crippen molar-refractivity contribution in [2.45, 2.75) is 38.8 Å². The van der Waals surface area contributed by atoms with Crippen molar-refractivity contribution < 1.29 is 22.8 Å². The van der Waals surface area contributed by atoms with E-state index in [4.69, 9.17) is 0 Å². The topological polar surface area (TPSA) is 88.4 Å². The number of alkyl halides is 3. The molecular weight excluding hydrogens is 571 g/mol. The smallest absolute Gasteiger partial charge is 0.325 e. The molecule has 2 N–H and O–H groups in total. The van der Waals surface area contributed by atoms with E-state index in [2.05, 4.69) is 10.6 Å². The number of hydrogen-bond acceptors (Lipinski definition) is 3. The van der Waals surface area contributed by atoms with Gasteiger partial charge in [-0.3, -0.25) is 14.3 Å². The summed E-state index contributed by atoms with van der Waals surface area (Å²) in [6.45, 7) is 2.81. The molecule has 0 radical (unpaired) electrons. The number of nitrogens with zero attached hydrogens (tertiary/aromatic N) is 3. The Kier molecular flexibility index (Phi) is 8.93. The van der Waals surface area contributed by atoms with Gasteiger partial charge in [-0.25, -0.2) is 9.48 Å². The van der Waals surface area contributed by atoms with Crippen molar-refractivity contribution in [1.29, 1.82) is 0 Å². The fraction of sp³-hybridized carbons (Fsp3) is 0.303. The molecule has 0 saturated carbocycles. The van der Waals surface area contributed by atoms with Gasteiger partial charge in [0.2, 0.25) is 0 Å². The molecule has 1 saturated heterocycles. The molecule has 0 bridgehead atoms. The van der Waals surface area contributed by atoms with E-state index in [0.717, 1.165) is 25.3 Å². The SMILES string of the molecule is Cc1c(NC(=O)c2cccc(NC(=O)N3CCC(CCc4cccc(C(F)(F)F)c4)CC3)c2)c(=O)n(-c2ccccc2)n1C. The Morgan fingerprint density at radius 2 is 1.61 bits per heavy atom. The second-order valence-corrected chi connectivity index (χ2v) is 11.1. The van der Waals surface area contributed by atoms with Crippen molar-refractivity contribution >= 4 is 23.3 Å². The zero-order chi connectivity index (χ0) is 31.4. The number of para-hydroxylation sites is 1. The van der Waals surface area contributed by atoms with Crippen LogP contribution in [0.25, 0.3) is 5.69 Å². The lowest BCUT2D eigenvalue weighted by molar-refractivity contribution is -0.137. The normalized spacial score (nSPS) is 14.0. The molecule has 0 atom stereocenters. The molecule has 11 heteroatoms. The average molecular weight is 606 g/mol. The second-order valence-electron chi connectivity index (χ2n) is 11.1. The van der Waals surface area contributed by atoms with Crippen molar-refractivity contribution in [3.8, 4) is 5.69 Å². The maximum absolute atomic E-state index is 13.2. The van der Waals surface area contributed by atoms with Crippen molar-refractivity contribution in [3.63, 3.8) is 0 Å². The second kappa shape index (κ2) is 12.8. The van der Waals surface area contributed by atoms with Crippen LogP contribution in [-0.4, -0.2) is 39.3 Å². The number of likely N-dealkylation sites (tertiary alicyclic amines) is 1. The Morgan fingerprint density at radius 3 is 2.32 bits per heavy atom. The summed E-state index contributed by atoms with van der Waals surface area (Å²) < 4.78 is 42.2. The first-order valence-electron chi connectivity index (χ1n) is 14.5. The van der Waals surface area contributed by atoms with Crippen LogP contribution in [0.5, 0.6) is 0 Å². The van der Waals surface area contributed by atoms with Gasteiger partial charge in [0.1, 0.15) is 5.69 Å². The third-order valence-corrected chi connectivity index (χ3v) is 8.17. The molecule has 1 fully saturated rings. The van der Waals surface area contributed by atoms with Gasteiger partial charge in [-0.1, -0.05) is 42.5 Å². The lowest BCUT2D eigenvalue weighted by atomic mass is 9.90. The molecule has 0 unspecified atom stereocenters. The first-order chi connectivity index (χ1) is 21.0. The van der Waals surface area contributed by atoms with Crippen LogP contribution in [0, 0.1) is 12.8 Å². The summed E-state index contributed by atoms with van der Waals surface area (Å²) in [6.07, 6.45) is -1.54. The highest BCUT2D eigenvalue weighted by molar-refractivity contribution is 6.05. The Bertz CT molecular complexity index is 1700. The maximum Gasteiger partial charge on any atom is 0.416 e. The predicted octanol–water partition coefficient (Wildman–Crippen LogP) is 6.63. The number of anilines is 2. The summed E-state index contributed by atoms with van der Waals surface area (Å²) in [5.74, 6) is -0.165. The molecule has 4 aromatic rings. The maximum atomic E-state index is 13.2. The molecule has 1 aliphatic rings. The van der Waals surface area contributed by atoms with Crippen molar-refractivity contribution in [1.82, 2.24) is 14.3 Å². The molecule has 0 spiro atoms. The number of piperidine rings is 1. The number of halogens is 3. The number of benzene rings is 3. The first-order valence-corrected chi connectivity index (χ1v) is 14.5. The number of carbonyl (C=O) groups is 2. The Morgan fingerprint density at radius 1 is 0.909 bits per heavy atom. The molecule has 5 rings (SSSR count). The number of urea groups is 1. The molecule has 2 heterocycles. The molecule has 230 valence electrons. The lowest BCUT2D eigenvalue weighted by Gasteiger charge is -2.32. The Labute approximate surface area is 253 Å². The number of rotatable bonds is 7. The quantitative estimate of drug-likeness (QED) is 0.248. The van der Waals surface area contributed by atoms with Crippen LogP contribution in [0.15, 0.2) is 83.7 Å². The molecule has 3 amide bonds. The van der Waals surface area contributed by atoms with E-state index in [0.29, 0.717) is 48.1 Å². The van der Waals surface area contributed by atoms with E-state index in [1.165, 1.54) is 16.8 Å². The Balaban J connectivity index is 1.16. The van der Waals surface area contributed by atoms with Gasteiger partial charge in [-0.05, 0) is 80.5 Å². The Hall–Kier alpha value is -4.80. The third-order valence-electron chi connectivity index (χ3n) is 8.17. The number of hydrogen-bond donors (Lipinski definition) is 2. The molecule has 8 nitrogen and oxygen atoms in total. The van der Waals surface area contributed by atoms with Gasteiger partial charge in [-0.15, -0.1) is 0 Å². The summed E-state index contributed by atoms with van der Waals surface area (Å²) in [4.78, 5) is 41.0. The van der Waals surface area contributed by atoms with Gasteiger partial charge in [-0.2, -0.15) is 13.2 Å². The van der Waals surface area contributed by atoms with Crippen LogP contribution in [-0.2, 0) is 19.6 Å². The van der Waals surface area contributed by atoms with Gasteiger partial charge < -0.3 is 15.5 Å². The standard InChI is InChI=1S/C33H34F3N5O3/c1-22-29(31(43)41(39(22)2)28-12-4-3-5-13-28)38-30(42)25-9-7-11-27(21-25)37-32(44)40-18-16-23(17-19-40)14-15-24-8-6-10-26(20-24)33(34,35)36/h3-13,20-21,23H,14-19H2,1-2H3,(H,37,44)(H,38,42). The van der Waals surface area contributed by atoms with Crippen LogP contribution in [0.4, 0.5) is 29.3 Å². The summed E-state index contributed by atoms with van der Waals surface area (Å²) in [6, 6.07) is 20.8. The molecule has 44 heavy (non-hydrogen) atoms. The zero-order valence-electron chi connectivity index (χ0n) is 24.5. The zero-order valence-corrected chi connectivity index (χ0v) is 24.5. The van der Waals surface area contributed by atoms with Gasteiger partial charge in [0.05, 0.1) is 16.9 Å².